The summed E-state index contributed by atoms with van der Waals surface area (Å²) in [5, 5.41) is 34.3. The molecule has 0 bridgehead atoms. The summed E-state index contributed by atoms with van der Waals surface area (Å²) in [7, 11) is 1.45. The molecule has 0 saturated heterocycles. The van der Waals surface area contributed by atoms with Crippen LogP contribution in [-0.2, 0) is 0 Å². The van der Waals surface area contributed by atoms with Gasteiger partial charge in [0.05, 0.1) is 34.3 Å². The number of carbonyl (C=O) groups excluding carboxylic acids is 1. The fraction of sp³-hybridized carbons (Fsp3) is 0.118. The van der Waals surface area contributed by atoms with Gasteiger partial charge in [-0.3, -0.25) is 25.0 Å². The molecule has 0 atom stereocenters. The lowest BCUT2D eigenvalue weighted by Gasteiger charge is -2.09. The molecule has 10 heteroatoms. The first-order valence-corrected chi connectivity index (χ1v) is 7.51. The van der Waals surface area contributed by atoms with Crippen LogP contribution in [0.15, 0.2) is 34.7 Å². The van der Waals surface area contributed by atoms with Gasteiger partial charge in [-0.1, -0.05) is 0 Å². The molecule has 0 fully saturated rings. The van der Waals surface area contributed by atoms with E-state index in [4.69, 9.17) is 9.15 Å². The van der Waals surface area contributed by atoms with Crippen molar-refractivity contribution in [2.24, 2.45) is 0 Å². The molecule has 0 aliphatic carbocycles. The Morgan fingerprint density at radius 1 is 1.11 bits per heavy atom. The molecule has 0 unspecified atom stereocenters. The van der Waals surface area contributed by atoms with Gasteiger partial charge in [-0.25, -0.2) is 0 Å². The molecule has 1 heterocycles. The average molecular weight is 371 g/mol. The molecule has 0 N–H and O–H groups in total. The number of furan rings is 1. The van der Waals surface area contributed by atoms with E-state index in [1.165, 1.54) is 38.3 Å². The van der Waals surface area contributed by atoms with E-state index in [0.717, 1.165) is 6.07 Å². The number of hydrogen-bond acceptors (Lipinski definition) is 8. The first-order valence-electron chi connectivity index (χ1n) is 7.51. The fourth-order valence-electron chi connectivity index (χ4n) is 2.80. The molecule has 0 radical (unpaired) electrons. The maximum absolute atomic E-state index is 12.9. The topological polar surface area (TPSA) is 149 Å². The Labute approximate surface area is 150 Å². The number of rotatable bonds is 5. The lowest BCUT2D eigenvalue weighted by Crippen LogP contribution is -2.06. The van der Waals surface area contributed by atoms with Gasteiger partial charge in [0.15, 0.2) is 5.78 Å². The number of nitrogens with zero attached hydrogens (tertiary/aromatic N) is 2. The van der Waals surface area contributed by atoms with Gasteiger partial charge in [-0.2, -0.15) is 0 Å². The van der Waals surface area contributed by atoms with E-state index < -0.39 is 32.8 Å². The van der Waals surface area contributed by atoms with Crippen LogP contribution >= 0.6 is 0 Å². The molecular weight excluding hydrogens is 360 g/mol. The van der Waals surface area contributed by atoms with Crippen molar-refractivity contribution < 1.29 is 28.9 Å². The number of nitro benzene ring substituents is 2. The maximum atomic E-state index is 12.9. The van der Waals surface area contributed by atoms with Crippen LogP contribution in [0.5, 0.6) is 11.5 Å². The lowest BCUT2D eigenvalue weighted by atomic mass is 9.99. The van der Waals surface area contributed by atoms with E-state index in [1.54, 1.807) is 0 Å². The molecule has 1 aromatic heterocycles. The van der Waals surface area contributed by atoms with E-state index in [2.05, 4.69) is 0 Å². The van der Waals surface area contributed by atoms with Crippen molar-refractivity contribution in [3.8, 4) is 11.5 Å². The monoisotopic (exact) mass is 371 g/mol. The van der Waals surface area contributed by atoms with Crippen molar-refractivity contribution in [2.45, 2.75) is 6.92 Å². The summed E-state index contributed by atoms with van der Waals surface area (Å²) < 4.78 is 10.3. The molecule has 10 nitrogen and oxygen atoms in total. The highest BCUT2D eigenvalue weighted by atomic mass is 16.6. The summed E-state index contributed by atoms with van der Waals surface area (Å²) in [6, 6.07) is 6.76. The second-order valence-corrected chi connectivity index (χ2v) is 5.55. The third-order valence-corrected chi connectivity index (χ3v) is 4.02. The minimum Gasteiger partial charge on any atom is -0.863 e. The Morgan fingerprint density at radius 3 is 2.26 bits per heavy atom. The van der Waals surface area contributed by atoms with E-state index in [9.17, 15) is 30.1 Å². The first kappa shape index (κ1) is 17.9. The Kier molecular flexibility index (Phi) is 4.24. The average Bonchev–Trinajstić information content (AvgIpc) is 2.95. The zero-order valence-electron chi connectivity index (χ0n) is 14.0. The first-order chi connectivity index (χ1) is 12.8. The van der Waals surface area contributed by atoms with Gasteiger partial charge in [-0.15, -0.1) is 0 Å². The minimum absolute atomic E-state index is 0.00816. The van der Waals surface area contributed by atoms with Crippen LogP contribution < -0.4 is 9.84 Å². The number of hydrogen-bond donors (Lipinski definition) is 0. The Balaban J connectivity index is 2.31. The van der Waals surface area contributed by atoms with Gasteiger partial charge in [0.2, 0.25) is 0 Å². The van der Waals surface area contributed by atoms with Gasteiger partial charge in [0.1, 0.15) is 22.5 Å². The van der Waals surface area contributed by atoms with E-state index >= 15 is 0 Å². The summed E-state index contributed by atoms with van der Waals surface area (Å²) in [6.07, 6.45) is 0. The summed E-state index contributed by atoms with van der Waals surface area (Å²) in [4.78, 5) is 33.3. The van der Waals surface area contributed by atoms with Crippen molar-refractivity contribution in [3.05, 3.63) is 67.4 Å². The quantitative estimate of drug-likeness (QED) is 0.377. The number of fused-ring (bicyclic) bond motifs is 1. The highest BCUT2D eigenvalue weighted by molar-refractivity contribution is 6.19. The van der Waals surface area contributed by atoms with Gasteiger partial charge < -0.3 is 14.3 Å². The summed E-state index contributed by atoms with van der Waals surface area (Å²) in [5.41, 5.74) is -2.34. The Hall–Kier alpha value is -3.95. The third kappa shape index (κ3) is 2.82. The predicted molar refractivity (Wildman–Crippen MR) is 90.1 cm³/mol. The van der Waals surface area contributed by atoms with E-state index in [1.807, 2.05) is 0 Å². The van der Waals surface area contributed by atoms with Crippen molar-refractivity contribution >= 4 is 28.1 Å². The van der Waals surface area contributed by atoms with Gasteiger partial charge in [-0.05, 0) is 31.2 Å². The van der Waals surface area contributed by atoms with Gasteiger partial charge in [0, 0.05) is 5.56 Å². The van der Waals surface area contributed by atoms with Crippen molar-refractivity contribution in [2.75, 3.05) is 7.11 Å². The minimum atomic E-state index is -1.39. The molecule has 27 heavy (non-hydrogen) atoms. The number of aryl methyl sites for hydroxylation is 1. The zero-order chi connectivity index (χ0) is 19.9. The van der Waals surface area contributed by atoms with Crippen LogP contribution in [0.1, 0.15) is 21.7 Å². The van der Waals surface area contributed by atoms with Crippen molar-refractivity contribution in [1.82, 2.24) is 0 Å². The highest BCUT2D eigenvalue weighted by Crippen LogP contribution is 2.44. The Bertz CT molecular complexity index is 1100. The Morgan fingerprint density at radius 2 is 1.74 bits per heavy atom. The molecule has 3 rings (SSSR count). The molecule has 0 aliphatic rings. The molecule has 3 aromatic rings. The van der Waals surface area contributed by atoms with Crippen LogP contribution in [-0.4, -0.2) is 22.7 Å². The molecule has 0 aliphatic heterocycles. The molecule has 0 spiro atoms. The zero-order valence-corrected chi connectivity index (χ0v) is 14.0. The van der Waals surface area contributed by atoms with Crippen LogP contribution in [0.4, 0.5) is 11.4 Å². The number of benzene rings is 2. The van der Waals surface area contributed by atoms with Crippen molar-refractivity contribution in [3.63, 3.8) is 0 Å². The van der Waals surface area contributed by atoms with Crippen molar-refractivity contribution in [1.29, 1.82) is 0 Å². The summed E-state index contributed by atoms with van der Waals surface area (Å²) >= 11 is 0. The van der Waals surface area contributed by atoms with Gasteiger partial charge in [0.25, 0.3) is 11.4 Å². The van der Waals surface area contributed by atoms with Crippen LogP contribution in [0.2, 0.25) is 0 Å². The fourth-order valence-corrected chi connectivity index (χ4v) is 2.80. The number of methoxy groups -OCH3 is 1. The van der Waals surface area contributed by atoms with E-state index in [0.29, 0.717) is 5.75 Å². The number of ether oxygens (including phenoxy) is 1. The van der Waals surface area contributed by atoms with Crippen LogP contribution in [0.25, 0.3) is 11.0 Å². The molecule has 2 aromatic carbocycles. The second kappa shape index (κ2) is 6.41. The standard InChI is InChI=1S/C17H12N2O8/c1-8-13(16(20)9-3-5-10(26-2)6-4-9)14-12(27-8)7-11(18(22)23)17(21)15(14)19(24)25/h3-7,21H,1-2H3/p-1. The number of carbonyl (C=O) groups is 1. The van der Waals surface area contributed by atoms with Crippen LogP contribution in [0, 0.1) is 27.2 Å². The largest absolute Gasteiger partial charge is 0.863 e. The third-order valence-electron chi connectivity index (χ3n) is 4.02. The summed E-state index contributed by atoms with van der Waals surface area (Å²) in [5.74, 6) is -1.50. The van der Waals surface area contributed by atoms with Gasteiger partial charge >= 0.3 is 0 Å². The maximum Gasteiger partial charge on any atom is 0.280 e. The highest BCUT2D eigenvalue weighted by Gasteiger charge is 2.31. The SMILES string of the molecule is COc1ccc(C(=O)c2c(C)oc3cc([N+](=O)[O-])c([O-])c([N+](=O)[O-])c23)cc1. The molecule has 138 valence electrons. The van der Waals surface area contributed by atoms with E-state index in [-0.39, 0.29) is 27.9 Å². The number of ketones is 1. The normalized spacial score (nSPS) is 10.7. The summed E-state index contributed by atoms with van der Waals surface area (Å²) in [6.45, 7) is 1.39. The van der Waals surface area contributed by atoms with Crippen LogP contribution in [0.3, 0.4) is 0 Å². The number of nitro groups is 2. The lowest BCUT2D eigenvalue weighted by molar-refractivity contribution is -0.415. The molecule has 0 saturated carbocycles. The smallest absolute Gasteiger partial charge is 0.280 e. The predicted octanol–water partition coefficient (Wildman–Crippen LogP) is 2.87. The molecule has 0 amide bonds. The second-order valence-electron chi connectivity index (χ2n) is 5.55. The molecular formula is C17H11N2O8-.